The van der Waals surface area contributed by atoms with Crippen LogP contribution < -0.4 is 10.5 Å². The van der Waals surface area contributed by atoms with Crippen LogP contribution in [0.2, 0.25) is 0 Å². The number of nitro groups is 1. The van der Waals surface area contributed by atoms with E-state index < -0.39 is 22.4 Å². The topological polar surface area (TPSA) is 109 Å². The zero-order valence-corrected chi connectivity index (χ0v) is 14.9. The van der Waals surface area contributed by atoms with Gasteiger partial charge in [-0.3, -0.25) is 10.1 Å². The summed E-state index contributed by atoms with van der Waals surface area (Å²) in [7, 11) is 0. The van der Waals surface area contributed by atoms with Crippen molar-refractivity contribution in [1.82, 2.24) is 9.66 Å². The molecule has 2 N–H and O–H groups in total. The van der Waals surface area contributed by atoms with Gasteiger partial charge in [0.05, 0.1) is 28.6 Å². The molecule has 0 fully saturated rings. The first-order valence-corrected chi connectivity index (χ1v) is 8.13. The molecular weight excluding hydrogens is 391 g/mol. The highest BCUT2D eigenvalue weighted by Gasteiger charge is 2.30. The number of aromatic nitrogens is 2. The van der Waals surface area contributed by atoms with Gasteiger partial charge >= 0.3 is 11.9 Å². The van der Waals surface area contributed by atoms with Gasteiger partial charge in [0.25, 0.3) is 0 Å². The highest BCUT2D eigenvalue weighted by atomic mass is 19.4. The van der Waals surface area contributed by atoms with Gasteiger partial charge in [-0.15, -0.1) is 0 Å². The Morgan fingerprint density at radius 1 is 1.28 bits per heavy atom. The van der Waals surface area contributed by atoms with E-state index in [0.717, 1.165) is 18.2 Å². The Bertz CT molecular complexity index is 1090. The van der Waals surface area contributed by atoms with Gasteiger partial charge in [0.2, 0.25) is 11.7 Å². The second kappa shape index (κ2) is 7.62. The van der Waals surface area contributed by atoms with Crippen molar-refractivity contribution in [1.29, 1.82) is 0 Å². The van der Waals surface area contributed by atoms with Gasteiger partial charge in [0, 0.05) is 11.6 Å². The minimum absolute atomic E-state index is 0.151. The standard InChI is InChI=1S/C18H14F3N5O3/c1-11-10-25(17(22)24-11)23-9-12-5-6-16(15(7-12)26(27)28)29-14-4-2-3-13(8-14)18(19,20)21/h2-10H,1H3,(H2,22,24). The number of aryl methyl sites for hydroxylation is 1. The zero-order valence-electron chi connectivity index (χ0n) is 14.9. The van der Waals surface area contributed by atoms with Crippen LogP contribution in [0.25, 0.3) is 0 Å². The Kier molecular flexibility index (Phi) is 5.22. The summed E-state index contributed by atoms with van der Waals surface area (Å²) in [6.07, 6.45) is -1.65. The average molecular weight is 405 g/mol. The minimum atomic E-state index is -4.56. The zero-order chi connectivity index (χ0) is 21.2. The lowest BCUT2D eigenvalue weighted by Crippen LogP contribution is -2.04. The number of hydrogen-bond acceptors (Lipinski definition) is 6. The second-order valence-corrected chi connectivity index (χ2v) is 5.94. The van der Waals surface area contributed by atoms with E-state index in [9.17, 15) is 23.3 Å². The van der Waals surface area contributed by atoms with E-state index in [2.05, 4.69) is 10.1 Å². The lowest BCUT2D eigenvalue weighted by atomic mass is 10.2. The highest BCUT2D eigenvalue weighted by Crippen LogP contribution is 2.35. The summed E-state index contributed by atoms with van der Waals surface area (Å²) in [4.78, 5) is 14.7. The Morgan fingerprint density at radius 3 is 2.66 bits per heavy atom. The first kappa shape index (κ1) is 19.9. The molecule has 11 heteroatoms. The Balaban J connectivity index is 1.89. The van der Waals surface area contributed by atoms with Crippen LogP contribution in [-0.2, 0) is 6.18 Å². The number of nitrogen functional groups attached to an aromatic ring is 1. The molecular formula is C18H14F3N5O3. The maximum Gasteiger partial charge on any atom is 0.416 e. The third-order valence-corrected chi connectivity index (χ3v) is 3.73. The van der Waals surface area contributed by atoms with Crippen molar-refractivity contribution in [2.45, 2.75) is 13.1 Å². The molecule has 1 aromatic heterocycles. The number of anilines is 1. The fourth-order valence-electron chi connectivity index (χ4n) is 2.43. The van der Waals surface area contributed by atoms with Crippen molar-refractivity contribution in [3.8, 4) is 11.5 Å². The van der Waals surface area contributed by atoms with Crippen LogP contribution in [0.15, 0.2) is 53.8 Å². The molecule has 0 atom stereocenters. The van der Waals surface area contributed by atoms with Crippen molar-refractivity contribution in [3.05, 3.63) is 75.6 Å². The SMILES string of the molecule is Cc1cn(N=Cc2ccc(Oc3cccc(C(F)(F)F)c3)c([N+](=O)[O-])c2)c(N)n1. The van der Waals surface area contributed by atoms with Crippen molar-refractivity contribution < 1.29 is 22.8 Å². The molecule has 0 aliphatic heterocycles. The number of ether oxygens (including phenoxy) is 1. The number of benzene rings is 2. The van der Waals surface area contributed by atoms with Crippen LogP contribution in [-0.4, -0.2) is 20.8 Å². The maximum absolute atomic E-state index is 12.8. The predicted molar refractivity (Wildman–Crippen MR) is 99.0 cm³/mol. The largest absolute Gasteiger partial charge is 0.450 e. The Morgan fingerprint density at radius 2 is 2.03 bits per heavy atom. The summed E-state index contributed by atoms with van der Waals surface area (Å²) in [6, 6.07) is 8.02. The summed E-state index contributed by atoms with van der Waals surface area (Å²) in [6.45, 7) is 1.73. The van der Waals surface area contributed by atoms with Crippen molar-refractivity contribution in [3.63, 3.8) is 0 Å². The molecule has 0 bridgehead atoms. The third-order valence-electron chi connectivity index (χ3n) is 3.73. The minimum Gasteiger partial charge on any atom is -0.450 e. The van der Waals surface area contributed by atoms with E-state index in [1.165, 1.54) is 35.2 Å². The number of nitrogens with zero attached hydrogens (tertiary/aromatic N) is 4. The van der Waals surface area contributed by atoms with Crippen LogP contribution in [0.3, 0.4) is 0 Å². The van der Waals surface area contributed by atoms with E-state index >= 15 is 0 Å². The quantitative estimate of drug-likeness (QED) is 0.385. The van der Waals surface area contributed by atoms with Crippen LogP contribution >= 0.6 is 0 Å². The molecule has 8 nitrogen and oxygen atoms in total. The number of nitrogens with two attached hydrogens (primary N) is 1. The van der Waals surface area contributed by atoms with Gasteiger partial charge in [-0.25, -0.2) is 9.66 Å². The highest BCUT2D eigenvalue weighted by molar-refractivity contribution is 5.81. The molecule has 0 spiro atoms. The van der Waals surface area contributed by atoms with Crippen LogP contribution in [0.4, 0.5) is 24.8 Å². The number of alkyl halides is 3. The van der Waals surface area contributed by atoms with E-state index in [1.807, 2.05) is 0 Å². The van der Waals surface area contributed by atoms with E-state index in [1.54, 1.807) is 13.1 Å². The third kappa shape index (κ3) is 4.69. The normalized spacial score (nSPS) is 11.7. The average Bonchev–Trinajstić information content (AvgIpc) is 2.97. The van der Waals surface area contributed by atoms with Gasteiger partial charge in [-0.2, -0.15) is 18.3 Å². The first-order chi connectivity index (χ1) is 13.6. The number of halogens is 3. The number of hydrogen-bond donors (Lipinski definition) is 1. The molecule has 3 aromatic rings. The lowest BCUT2D eigenvalue weighted by molar-refractivity contribution is -0.385. The van der Waals surface area contributed by atoms with Crippen LogP contribution in [0.5, 0.6) is 11.5 Å². The van der Waals surface area contributed by atoms with Gasteiger partial charge in [0.1, 0.15) is 5.75 Å². The smallest absolute Gasteiger partial charge is 0.416 e. The maximum atomic E-state index is 12.8. The summed E-state index contributed by atoms with van der Waals surface area (Å²) in [5.74, 6) is -0.229. The van der Waals surface area contributed by atoms with Gasteiger partial charge in [0.15, 0.2) is 0 Å². The number of nitro benzene ring substituents is 1. The van der Waals surface area contributed by atoms with Gasteiger partial charge in [-0.05, 0) is 37.3 Å². The Labute approximate surface area is 162 Å². The fourth-order valence-corrected chi connectivity index (χ4v) is 2.43. The fraction of sp³-hybridized carbons (Fsp3) is 0.111. The molecule has 0 amide bonds. The van der Waals surface area contributed by atoms with Crippen LogP contribution in [0.1, 0.15) is 16.8 Å². The summed E-state index contributed by atoms with van der Waals surface area (Å²) in [5.41, 5.74) is 5.32. The lowest BCUT2D eigenvalue weighted by Gasteiger charge is -2.10. The van der Waals surface area contributed by atoms with Gasteiger partial charge < -0.3 is 10.5 Å². The van der Waals surface area contributed by atoms with Crippen molar-refractivity contribution in [2.24, 2.45) is 5.10 Å². The molecule has 150 valence electrons. The van der Waals surface area contributed by atoms with Crippen LogP contribution in [0, 0.1) is 17.0 Å². The molecule has 0 saturated carbocycles. The molecule has 1 heterocycles. The number of imidazole rings is 1. The summed E-state index contributed by atoms with van der Waals surface area (Å²) >= 11 is 0. The van der Waals surface area contributed by atoms with E-state index in [-0.39, 0.29) is 17.4 Å². The Hall–Kier alpha value is -3.89. The molecule has 2 aromatic carbocycles. The molecule has 3 rings (SSSR count). The summed E-state index contributed by atoms with van der Waals surface area (Å²) < 4.78 is 45.1. The predicted octanol–water partition coefficient (Wildman–Crippen LogP) is 4.38. The van der Waals surface area contributed by atoms with E-state index in [4.69, 9.17) is 10.5 Å². The van der Waals surface area contributed by atoms with Crippen molar-refractivity contribution >= 4 is 17.9 Å². The monoisotopic (exact) mass is 405 g/mol. The molecule has 0 unspecified atom stereocenters. The summed E-state index contributed by atoms with van der Waals surface area (Å²) in [5, 5.41) is 15.5. The second-order valence-electron chi connectivity index (χ2n) is 5.94. The van der Waals surface area contributed by atoms with E-state index in [0.29, 0.717) is 11.3 Å². The molecule has 0 radical (unpaired) electrons. The number of rotatable bonds is 5. The molecule has 0 aliphatic rings. The van der Waals surface area contributed by atoms with Gasteiger partial charge in [-0.1, -0.05) is 6.07 Å². The molecule has 29 heavy (non-hydrogen) atoms. The molecule has 0 saturated heterocycles. The molecule has 0 aliphatic carbocycles. The first-order valence-electron chi connectivity index (χ1n) is 8.13. The van der Waals surface area contributed by atoms with Crippen molar-refractivity contribution in [2.75, 3.05) is 5.73 Å².